The largest absolute Gasteiger partial charge is 0.496 e. The average molecular weight is 757 g/mol. The van der Waals surface area contributed by atoms with Gasteiger partial charge in [0.1, 0.15) is 11.5 Å². The maximum atomic E-state index is 11.5. The van der Waals surface area contributed by atoms with Gasteiger partial charge in [0.05, 0.1) is 37.5 Å². The van der Waals surface area contributed by atoms with E-state index in [0.29, 0.717) is 42.6 Å². The van der Waals surface area contributed by atoms with Crippen LogP contribution in [0.1, 0.15) is 42.4 Å². The normalized spacial score (nSPS) is 17.4. The monoisotopic (exact) mass is 755 g/mol. The molecule has 2 fully saturated rings. The number of halogens is 2. The van der Waals surface area contributed by atoms with Gasteiger partial charge in [-0.1, -0.05) is 65.7 Å². The van der Waals surface area contributed by atoms with E-state index in [0.717, 1.165) is 87.3 Å². The third-order valence-corrected chi connectivity index (χ3v) is 11.1. The lowest BCUT2D eigenvalue weighted by Crippen LogP contribution is -2.35. The van der Waals surface area contributed by atoms with Crippen molar-refractivity contribution < 1.29 is 24.2 Å². The SMILES string of the molecule is COc1cc(-c2cccc(-c3cccc4c3cnn4Cc3cc(OC)c(CN4CC[C@H](CC(=O)O)C4)cc3Cl)c2Cl)ccc1CNC[C@@H]1CCC(=O)N1. The number of carbonyl (C=O) groups excluding carboxylic acids is 1. The zero-order valence-electron chi connectivity index (χ0n) is 29.8. The topological polar surface area (TPSA) is 118 Å². The van der Waals surface area contributed by atoms with Crippen LogP contribution in [0, 0.1) is 5.92 Å². The summed E-state index contributed by atoms with van der Waals surface area (Å²) in [5.41, 5.74) is 7.53. The van der Waals surface area contributed by atoms with Crippen molar-refractivity contribution in [1.82, 2.24) is 25.3 Å². The Hall–Kier alpha value is -4.61. The summed E-state index contributed by atoms with van der Waals surface area (Å²) in [7, 11) is 3.33. The fourth-order valence-electron chi connectivity index (χ4n) is 7.64. The zero-order chi connectivity index (χ0) is 37.1. The molecule has 0 spiro atoms. The van der Waals surface area contributed by atoms with E-state index < -0.39 is 5.97 Å². The molecule has 53 heavy (non-hydrogen) atoms. The summed E-state index contributed by atoms with van der Waals surface area (Å²) < 4.78 is 13.5. The summed E-state index contributed by atoms with van der Waals surface area (Å²) >= 11 is 14.1. The van der Waals surface area contributed by atoms with E-state index in [9.17, 15) is 14.7 Å². The molecule has 1 aromatic heterocycles. The second kappa shape index (κ2) is 16.2. The average Bonchev–Trinajstić information content (AvgIpc) is 3.89. The molecule has 4 aromatic carbocycles. The molecule has 5 aromatic rings. The number of fused-ring (bicyclic) bond motifs is 1. The van der Waals surface area contributed by atoms with Gasteiger partial charge in [-0.2, -0.15) is 5.10 Å². The van der Waals surface area contributed by atoms with Gasteiger partial charge in [-0.3, -0.25) is 19.2 Å². The van der Waals surface area contributed by atoms with Crippen LogP contribution in [0.5, 0.6) is 11.5 Å². The van der Waals surface area contributed by atoms with Crippen LogP contribution in [0.25, 0.3) is 33.2 Å². The Morgan fingerprint density at radius 2 is 1.72 bits per heavy atom. The fourth-order valence-corrected chi connectivity index (χ4v) is 8.22. The maximum Gasteiger partial charge on any atom is 0.303 e. The third kappa shape index (κ3) is 8.16. The minimum atomic E-state index is -0.752. The predicted molar refractivity (Wildman–Crippen MR) is 208 cm³/mol. The number of aliphatic carboxylic acids is 1. The van der Waals surface area contributed by atoms with Crippen LogP contribution in [0.15, 0.2) is 72.9 Å². The molecular formula is C41H43Cl2N5O5. The summed E-state index contributed by atoms with van der Waals surface area (Å²) in [4.78, 5) is 25.0. The highest BCUT2D eigenvalue weighted by atomic mass is 35.5. The minimum Gasteiger partial charge on any atom is -0.496 e. The van der Waals surface area contributed by atoms with Gasteiger partial charge in [-0.05, 0) is 66.3 Å². The van der Waals surface area contributed by atoms with Gasteiger partial charge in [0.25, 0.3) is 0 Å². The van der Waals surface area contributed by atoms with Crippen LogP contribution in [0.3, 0.4) is 0 Å². The van der Waals surface area contributed by atoms with Gasteiger partial charge in [0, 0.05) is 77.7 Å². The number of methoxy groups -OCH3 is 2. The maximum absolute atomic E-state index is 11.5. The number of hydrogen-bond acceptors (Lipinski definition) is 7. The minimum absolute atomic E-state index is 0.112. The Labute approximate surface area is 319 Å². The lowest BCUT2D eigenvalue weighted by atomic mass is 9.96. The van der Waals surface area contributed by atoms with Gasteiger partial charge in [-0.15, -0.1) is 0 Å². The number of carboxylic acids is 1. The molecule has 0 bridgehead atoms. The molecule has 2 aliphatic heterocycles. The highest BCUT2D eigenvalue weighted by Crippen LogP contribution is 2.41. The number of carbonyl (C=O) groups is 2. The molecule has 1 amide bonds. The van der Waals surface area contributed by atoms with Crippen molar-refractivity contribution in [2.45, 2.75) is 51.4 Å². The van der Waals surface area contributed by atoms with Crippen LogP contribution in [0.2, 0.25) is 10.0 Å². The number of aromatic nitrogens is 2. The number of nitrogens with zero attached hydrogens (tertiary/aromatic N) is 3. The van der Waals surface area contributed by atoms with Crippen molar-refractivity contribution in [2.24, 2.45) is 5.92 Å². The standard InChI is InChI=1S/C41H43Cl2N5O5/c1-52-37-17-26(9-10-27(37)19-44-20-30-11-12-39(49)46-30)31-5-3-7-33(41(31)43)32-6-4-8-36-34(32)21-45-48(36)24-28-18-38(53-2)29(16-35(28)42)23-47-14-13-25(22-47)15-40(50)51/h3-10,16-18,21,25,30,44H,11-15,19-20,22-24H2,1-2H3,(H,46,49)(H,50,51)/t25-,30+/m1/s1. The molecule has 10 nitrogen and oxygen atoms in total. The number of amides is 1. The smallest absolute Gasteiger partial charge is 0.303 e. The Bertz CT molecular complexity index is 2150. The molecule has 0 saturated carbocycles. The van der Waals surface area contributed by atoms with Gasteiger partial charge < -0.3 is 25.2 Å². The number of ether oxygens (including phenoxy) is 2. The van der Waals surface area contributed by atoms with Crippen LogP contribution in [-0.4, -0.2) is 71.6 Å². The van der Waals surface area contributed by atoms with Gasteiger partial charge in [0.15, 0.2) is 0 Å². The van der Waals surface area contributed by atoms with Crippen LogP contribution in [-0.2, 0) is 29.2 Å². The third-order valence-electron chi connectivity index (χ3n) is 10.4. The lowest BCUT2D eigenvalue weighted by Gasteiger charge is -2.19. The highest BCUT2D eigenvalue weighted by molar-refractivity contribution is 6.36. The number of nitrogens with one attached hydrogen (secondary N) is 2. The van der Waals surface area contributed by atoms with E-state index >= 15 is 0 Å². The van der Waals surface area contributed by atoms with Crippen molar-refractivity contribution in [3.63, 3.8) is 0 Å². The fraction of sp³-hybridized carbons (Fsp3) is 0.341. The van der Waals surface area contributed by atoms with E-state index in [2.05, 4.69) is 33.7 Å². The van der Waals surface area contributed by atoms with Crippen LogP contribution < -0.4 is 20.1 Å². The second-order valence-electron chi connectivity index (χ2n) is 13.9. The first-order chi connectivity index (χ1) is 25.7. The number of carboxylic acid groups (broad SMARTS) is 1. The first kappa shape index (κ1) is 36.7. The molecule has 2 atom stereocenters. The van der Waals surface area contributed by atoms with Crippen molar-refractivity contribution in [1.29, 1.82) is 0 Å². The molecule has 12 heteroatoms. The van der Waals surface area contributed by atoms with E-state index in [4.69, 9.17) is 37.8 Å². The second-order valence-corrected chi connectivity index (χ2v) is 14.7. The Kier molecular flexibility index (Phi) is 11.2. The Morgan fingerprint density at radius 1 is 0.943 bits per heavy atom. The van der Waals surface area contributed by atoms with E-state index in [1.807, 2.05) is 59.4 Å². The quantitative estimate of drug-likeness (QED) is 0.107. The van der Waals surface area contributed by atoms with E-state index in [-0.39, 0.29) is 24.3 Å². The first-order valence-corrected chi connectivity index (χ1v) is 18.7. The molecule has 0 radical (unpaired) electrons. The summed E-state index contributed by atoms with van der Waals surface area (Å²) in [6.45, 7) is 3.99. The molecule has 2 saturated heterocycles. The molecule has 276 valence electrons. The highest BCUT2D eigenvalue weighted by Gasteiger charge is 2.26. The molecule has 0 aliphatic carbocycles. The summed E-state index contributed by atoms with van der Waals surface area (Å²) in [5, 5.41) is 22.6. The van der Waals surface area contributed by atoms with E-state index in [1.165, 1.54) is 0 Å². The molecule has 7 rings (SSSR count). The molecular weight excluding hydrogens is 713 g/mol. The van der Waals surface area contributed by atoms with Gasteiger partial charge in [-0.25, -0.2) is 0 Å². The zero-order valence-corrected chi connectivity index (χ0v) is 31.3. The molecule has 3 heterocycles. The number of hydrogen-bond donors (Lipinski definition) is 3. The summed E-state index contributed by atoms with van der Waals surface area (Å²) in [5.74, 6) is 1.02. The van der Waals surface area contributed by atoms with Crippen molar-refractivity contribution >= 4 is 46.0 Å². The van der Waals surface area contributed by atoms with Crippen molar-refractivity contribution in [3.8, 4) is 33.8 Å². The first-order valence-electron chi connectivity index (χ1n) is 17.9. The van der Waals surface area contributed by atoms with Gasteiger partial charge in [0.2, 0.25) is 5.91 Å². The predicted octanol–water partition coefficient (Wildman–Crippen LogP) is 7.41. The molecule has 2 aliphatic rings. The lowest BCUT2D eigenvalue weighted by molar-refractivity contribution is -0.138. The summed E-state index contributed by atoms with van der Waals surface area (Å²) in [6.07, 6.45) is 4.37. The number of benzene rings is 4. The number of rotatable bonds is 14. The van der Waals surface area contributed by atoms with Crippen LogP contribution >= 0.6 is 23.2 Å². The number of likely N-dealkylation sites (tertiary alicyclic amines) is 1. The Balaban J connectivity index is 1.10. The van der Waals surface area contributed by atoms with Crippen molar-refractivity contribution in [2.75, 3.05) is 33.9 Å². The van der Waals surface area contributed by atoms with Gasteiger partial charge >= 0.3 is 5.97 Å². The summed E-state index contributed by atoms with van der Waals surface area (Å²) in [6, 6.07) is 22.4. The van der Waals surface area contributed by atoms with Crippen LogP contribution in [0.4, 0.5) is 0 Å². The molecule has 0 unspecified atom stereocenters. The Morgan fingerprint density at radius 3 is 2.49 bits per heavy atom. The van der Waals surface area contributed by atoms with E-state index in [1.54, 1.807) is 14.2 Å². The van der Waals surface area contributed by atoms with Crippen molar-refractivity contribution in [3.05, 3.63) is 99.7 Å². The molecule has 3 N–H and O–H groups in total.